The fraction of sp³-hybridized carbons (Fsp3) is 0.654. The number of anilines is 1. The standard InChI is InChI=1S/C26H37N3O4/c1-3-19-8-13-27(14-9-19)15-10-20-11-16-28(17-12-20)23-18-24(30)29(25(23)31)22-6-4-21(5-7-22)26(32)33-2/h4-7,19-20,23H,3,8-18H2,1-2H3/t23-/m1/s1. The molecule has 0 saturated carbocycles. The van der Waals surface area contributed by atoms with Crippen molar-refractivity contribution >= 4 is 23.5 Å². The van der Waals surface area contributed by atoms with Gasteiger partial charge in [-0.25, -0.2) is 9.69 Å². The predicted molar refractivity (Wildman–Crippen MR) is 127 cm³/mol. The summed E-state index contributed by atoms with van der Waals surface area (Å²) in [5, 5.41) is 0. The lowest BCUT2D eigenvalue weighted by molar-refractivity contribution is -0.123. The van der Waals surface area contributed by atoms with Gasteiger partial charge in [-0.15, -0.1) is 0 Å². The van der Waals surface area contributed by atoms with Gasteiger partial charge in [-0.3, -0.25) is 14.5 Å². The molecule has 3 aliphatic rings. The molecule has 7 nitrogen and oxygen atoms in total. The number of rotatable bonds is 7. The minimum absolute atomic E-state index is 0.150. The van der Waals surface area contributed by atoms with Crippen LogP contribution in [0, 0.1) is 11.8 Å². The van der Waals surface area contributed by atoms with Gasteiger partial charge in [0.25, 0.3) is 5.91 Å². The molecular formula is C26H37N3O4. The largest absolute Gasteiger partial charge is 0.465 e. The highest BCUT2D eigenvalue weighted by atomic mass is 16.5. The fourth-order valence-electron chi connectivity index (χ4n) is 5.57. The number of hydrogen-bond acceptors (Lipinski definition) is 6. The van der Waals surface area contributed by atoms with Gasteiger partial charge in [0.1, 0.15) is 0 Å². The highest BCUT2D eigenvalue weighted by molar-refractivity contribution is 6.22. The number of carbonyl (C=O) groups excluding carboxylic acids is 3. The average Bonchev–Trinajstić information content (AvgIpc) is 3.16. The zero-order valence-corrected chi connectivity index (χ0v) is 20.0. The Bertz CT molecular complexity index is 840. The van der Waals surface area contributed by atoms with E-state index in [1.165, 1.54) is 57.3 Å². The number of piperidine rings is 2. The Balaban J connectivity index is 1.26. The first-order valence-electron chi connectivity index (χ1n) is 12.5. The number of amides is 2. The summed E-state index contributed by atoms with van der Waals surface area (Å²) in [7, 11) is 1.33. The topological polar surface area (TPSA) is 70.2 Å². The number of likely N-dealkylation sites (tertiary alicyclic amines) is 2. The number of esters is 1. The molecule has 1 aromatic carbocycles. The molecule has 3 heterocycles. The molecule has 0 spiro atoms. The molecule has 33 heavy (non-hydrogen) atoms. The number of ether oxygens (including phenoxy) is 1. The Hall–Kier alpha value is -2.25. The van der Waals surface area contributed by atoms with Crippen LogP contribution in [-0.2, 0) is 14.3 Å². The third kappa shape index (κ3) is 5.46. The van der Waals surface area contributed by atoms with Gasteiger partial charge in [-0.1, -0.05) is 13.3 Å². The number of benzene rings is 1. The van der Waals surface area contributed by atoms with Crippen molar-refractivity contribution in [3.8, 4) is 0 Å². The van der Waals surface area contributed by atoms with Crippen LogP contribution in [0.25, 0.3) is 0 Å². The van der Waals surface area contributed by atoms with Crippen LogP contribution in [0.15, 0.2) is 24.3 Å². The molecule has 3 saturated heterocycles. The Labute approximate surface area is 197 Å². The van der Waals surface area contributed by atoms with Gasteiger partial charge in [0.2, 0.25) is 5.91 Å². The average molecular weight is 456 g/mol. The van der Waals surface area contributed by atoms with Gasteiger partial charge >= 0.3 is 5.97 Å². The maximum Gasteiger partial charge on any atom is 0.337 e. The summed E-state index contributed by atoms with van der Waals surface area (Å²) in [5.74, 6) is 0.865. The number of imide groups is 1. The van der Waals surface area contributed by atoms with Crippen LogP contribution in [0.4, 0.5) is 5.69 Å². The van der Waals surface area contributed by atoms with E-state index in [2.05, 4.69) is 16.7 Å². The van der Waals surface area contributed by atoms with Crippen LogP contribution in [-0.4, -0.2) is 73.5 Å². The summed E-state index contributed by atoms with van der Waals surface area (Å²) < 4.78 is 4.71. The first kappa shape index (κ1) is 23.9. The molecule has 4 rings (SSSR count). The molecule has 0 aromatic heterocycles. The molecule has 1 atom stereocenters. The highest BCUT2D eigenvalue weighted by Crippen LogP contribution is 2.30. The molecule has 7 heteroatoms. The van der Waals surface area contributed by atoms with Gasteiger partial charge in [0.15, 0.2) is 0 Å². The van der Waals surface area contributed by atoms with Crippen molar-refractivity contribution in [2.45, 2.75) is 57.9 Å². The summed E-state index contributed by atoms with van der Waals surface area (Å²) in [6, 6.07) is 6.09. The molecular weight excluding hydrogens is 418 g/mol. The second-order valence-corrected chi connectivity index (χ2v) is 9.79. The van der Waals surface area contributed by atoms with E-state index in [0.29, 0.717) is 17.2 Å². The second kappa shape index (κ2) is 10.8. The van der Waals surface area contributed by atoms with Gasteiger partial charge < -0.3 is 9.64 Å². The quantitative estimate of drug-likeness (QED) is 0.464. The molecule has 2 amide bonds. The maximum atomic E-state index is 13.1. The van der Waals surface area contributed by atoms with E-state index in [0.717, 1.165) is 31.8 Å². The van der Waals surface area contributed by atoms with Gasteiger partial charge in [-0.05, 0) is 101 Å². The van der Waals surface area contributed by atoms with E-state index in [4.69, 9.17) is 4.74 Å². The van der Waals surface area contributed by atoms with E-state index >= 15 is 0 Å². The van der Waals surface area contributed by atoms with Gasteiger partial charge in [-0.2, -0.15) is 0 Å². The van der Waals surface area contributed by atoms with Crippen molar-refractivity contribution < 1.29 is 19.1 Å². The third-order valence-electron chi connectivity index (χ3n) is 7.90. The zero-order valence-electron chi connectivity index (χ0n) is 20.0. The van der Waals surface area contributed by atoms with Crippen LogP contribution in [0.5, 0.6) is 0 Å². The van der Waals surface area contributed by atoms with Crippen LogP contribution in [0.3, 0.4) is 0 Å². The van der Waals surface area contributed by atoms with E-state index in [1.54, 1.807) is 24.3 Å². The Kier molecular flexibility index (Phi) is 7.81. The molecule has 1 aromatic rings. The predicted octanol–water partition coefficient (Wildman–Crippen LogP) is 3.33. The Morgan fingerprint density at radius 3 is 2.21 bits per heavy atom. The molecule has 0 radical (unpaired) electrons. The minimum atomic E-state index is -0.438. The molecule has 0 N–H and O–H groups in total. The highest BCUT2D eigenvalue weighted by Gasteiger charge is 2.43. The summed E-state index contributed by atoms with van der Waals surface area (Å²) in [6.45, 7) is 7.73. The van der Waals surface area contributed by atoms with Crippen LogP contribution in [0.1, 0.15) is 62.2 Å². The summed E-state index contributed by atoms with van der Waals surface area (Å²) in [6.07, 6.45) is 7.65. The molecule has 0 aliphatic carbocycles. The van der Waals surface area contributed by atoms with E-state index in [-0.39, 0.29) is 24.3 Å². The zero-order chi connectivity index (χ0) is 23.4. The van der Waals surface area contributed by atoms with Crippen molar-refractivity contribution in [1.29, 1.82) is 0 Å². The van der Waals surface area contributed by atoms with Crippen molar-refractivity contribution in [2.75, 3.05) is 44.7 Å². The molecule has 0 bridgehead atoms. The van der Waals surface area contributed by atoms with Crippen molar-refractivity contribution in [3.63, 3.8) is 0 Å². The van der Waals surface area contributed by atoms with Crippen molar-refractivity contribution in [1.82, 2.24) is 9.80 Å². The smallest absolute Gasteiger partial charge is 0.337 e. The number of nitrogens with zero attached hydrogens (tertiary/aromatic N) is 3. The number of methoxy groups -OCH3 is 1. The van der Waals surface area contributed by atoms with Crippen molar-refractivity contribution in [2.24, 2.45) is 11.8 Å². The minimum Gasteiger partial charge on any atom is -0.465 e. The van der Waals surface area contributed by atoms with Crippen LogP contribution >= 0.6 is 0 Å². The van der Waals surface area contributed by atoms with Gasteiger partial charge in [0, 0.05) is 0 Å². The summed E-state index contributed by atoms with van der Waals surface area (Å²) in [5.41, 5.74) is 0.913. The first-order valence-corrected chi connectivity index (χ1v) is 12.5. The normalized spacial score (nSPS) is 23.9. The molecule has 180 valence electrons. The van der Waals surface area contributed by atoms with Crippen molar-refractivity contribution in [3.05, 3.63) is 29.8 Å². The number of carbonyl (C=O) groups is 3. The third-order valence-corrected chi connectivity index (χ3v) is 7.90. The van der Waals surface area contributed by atoms with E-state index in [1.807, 2.05) is 0 Å². The molecule has 0 unspecified atom stereocenters. The second-order valence-electron chi connectivity index (χ2n) is 9.79. The van der Waals surface area contributed by atoms with Crippen LogP contribution < -0.4 is 4.90 Å². The number of hydrogen-bond donors (Lipinski definition) is 0. The van der Waals surface area contributed by atoms with Gasteiger partial charge in [0.05, 0.1) is 30.8 Å². The summed E-state index contributed by atoms with van der Waals surface area (Å²) >= 11 is 0. The summed E-state index contributed by atoms with van der Waals surface area (Å²) in [4.78, 5) is 43.5. The Morgan fingerprint density at radius 1 is 0.970 bits per heavy atom. The van der Waals surface area contributed by atoms with E-state index in [9.17, 15) is 14.4 Å². The maximum absolute atomic E-state index is 13.1. The lowest BCUT2D eigenvalue weighted by Crippen LogP contribution is -2.46. The lowest BCUT2D eigenvalue weighted by atomic mass is 9.91. The fourth-order valence-corrected chi connectivity index (χ4v) is 5.57. The monoisotopic (exact) mass is 455 g/mol. The lowest BCUT2D eigenvalue weighted by Gasteiger charge is -2.36. The first-order chi connectivity index (χ1) is 16.0. The molecule has 3 aliphatic heterocycles. The Morgan fingerprint density at radius 2 is 1.61 bits per heavy atom. The van der Waals surface area contributed by atoms with E-state index < -0.39 is 5.97 Å². The van der Waals surface area contributed by atoms with Crippen LogP contribution in [0.2, 0.25) is 0 Å². The molecule has 3 fully saturated rings. The SMILES string of the molecule is CCC1CCN(CCC2CCN([C@@H]3CC(=O)N(c4ccc(C(=O)OC)cc4)C3=O)CC2)CC1.